The van der Waals surface area contributed by atoms with Crippen molar-refractivity contribution in [2.45, 2.75) is 45.3 Å². The molecule has 0 unspecified atom stereocenters. The Bertz CT molecular complexity index is 771. The molecule has 1 aromatic heterocycles. The van der Waals surface area contributed by atoms with Crippen LogP contribution in [0.3, 0.4) is 0 Å². The molecule has 1 aliphatic rings. The first-order valence-electron chi connectivity index (χ1n) is 8.66. The van der Waals surface area contributed by atoms with Gasteiger partial charge in [0.05, 0.1) is 11.7 Å². The van der Waals surface area contributed by atoms with Gasteiger partial charge in [-0.15, -0.1) is 0 Å². The quantitative estimate of drug-likeness (QED) is 0.663. The first kappa shape index (κ1) is 17.4. The van der Waals surface area contributed by atoms with E-state index in [2.05, 4.69) is 20.8 Å². The van der Waals surface area contributed by atoms with E-state index in [0.29, 0.717) is 6.42 Å². The molecular weight excluding hydrogens is 320 g/mol. The fourth-order valence-corrected chi connectivity index (χ4v) is 3.20. The highest BCUT2D eigenvalue weighted by Crippen LogP contribution is 2.27. The average Bonchev–Trinajstić information content (AvgIpc) is 3.22. The Labute approximate surface area is 146 Å². The van der Waals surface area contributed by atoms with Gasteiger partial charge in [0.25, 0.3) is 0 Å². The van der Waals surface area contributed by atoms with Crippen LogP contribution in [0.25, 0.3) is 10.9 Å². The number of H-pyrrole nitrogens is 1. The highest BCUT2D eigenvalue weighted by Gasteiger charge is 2.32. The first-order chi connectivity index (χ1) is 11.9. The Morgan fingerprint density at radius 2 is 2.12 bits per heavy atom. The lowest BCUT2D eigenvalue weighted by atomic mass is 10.1. The lowest BCUT2D eigenvalue weighted by Gasteiger charge is -2.18. The summed E-state index contributed by atoms with van der Waals surface area (Å²) >= 11 is 0. The third kappa shape index (κ3) is 3.99. The lowest BCUT2D eigenvalue weighted by molar-refractivity contribution is -0.132. The van der Waals surface area contributed by atoms with E-state index in [-0.39, 0.29) is 29.7 Å². The zero-order valence-electron chi connectivity index (χ0n) is 14.5. The Kier molecular flexibility index (Phi) is 5.03. The topological polar surface area (TPSA) is 107 Å². The number of rotatable bonds is 5. The van der Waals surface area contributed by atoms with Gasteiger partial charge < -0.3 is 15.7 Å². The van der Waals surface area contributed by atoms with Gasteiger partial charge in [0.15, 0.2) is 0 Å². The number of aliphatic hydroxyl groups is 1. The van der Waals surface area contributed by atoms with Crippen LogP contribution < -0.4 is 10.6 Å². The van der Waals surface area contributed by atoms with E-state index >= 15 is 0 Å². The molecule has 2 aromatic rings. The predicted octanol–water partition coefficient (Wildman–Crippen LogP) is 1.80. The van der Waals surface area contributed by atoms with E-state index in [1.54, 1.807) is 20.0 Å². The Morgan fingerprint density at radius 1 is 1.32 bits per heavy atom. The van der Waals surface area contributed by atoms with Crippen molar-refractivity contribution >= 4 is 28.4 Å². The number of hydrogen-bond donors (Lipinski definition) is 4. The fraction of sp³-hybridized carbons (Fsp3) is 0.500. The lowest BCUT2D eigenvalue weighted by Crippen LogP contribution is -2.42. The van der Waals surface area contributed by atoms with Gasteiger partial charge in [-0.25, -0.2) is 0 Å². The standard InChI is InChI=1S/C18H24N4O3/c1-10(2)16(23)18(25)21-13-4-3-11(7-13)17(24)20-14-5-6-15-12(8-14)9-19-22-15/h5-6,8-11,13,16,23H,3-4,7H2,1-2H3,(H,19,22)(H,20,24)(H,21,25)/t11-,13+,16+/m1/s1. The molecule has 0 bridgehead atoms. The summed E-state index contributed by atoms with van der Waals surface area (Å²) in [6, 6.07) is 5.53. The smallest absolute Gasteiger partial charge is 0.249 e. The molecule has 7 nitrogen and oxygen atoms in total. The molecule has 0 radical (unpaired) electrons. The highest BCUT2D eigenvalue weighted by atomic mass is 16.3. The van der Waals surface area contributed by atoms with Crippen LogP contribution in [0.2, 0.25) is 0 Å². The zero-order valence-corrected chi connectivity index (χ0v) is 14.5. The number of nitrogens with zero attached hydrogens (tertiary/aromatic N) is 1. The minimum Gasteiger partial charge on any atom is -0.383 e. The van der Waals surface area contributed by atoms with Crippen LogP contribution in [0, 0.1) is 11.8 Å². The minimum atomic E-state index is -1.01. The number of aromatic nitrogens is 2. The van der Waals surface area contributed by atoms with Crippen molar-refractivity contribution in [3.8, 4) is 0 Å². The van der Waals surface area contributed by atoms with Crippen molar-refractivity contribution in [1.82, 2.24) is 15.5 Å². The molecule has 134 valence electrons. The number of carbonyl (C=O) groups excluding carboxylic acids is 2. The van der Waals surface area contributed by atoms with Crippen molar-refractivity contribution in [2.75, 3.05) is 5.32 Å². The number of benzene rings is 1. The normalized spacial score (nSPS) is 21.4. The summed E-state index contributed by atoms with van der Waals surface area (Å²) in [5, 5.41) is 23.4. The Morgan fingerprint density at radius 3 is 2.88 bits per heavy atom. The molecular formula is C18H24N4O3. The SMILES string of the molecule is CC(C)[C@H](O)C(=O)N[C@H]1CC[C@@H](C(=O)Nc2ccc3[nH]ncc3c2)C1. The summed E-state index contributed by atoms with van der Waals surface area (Å²) < 4.78 is 0. The molecule has 0 aliphatic heterocycles. The number of aromatic amines is 1. The molecule has 0 saturated heterocycles. The zero-order chi connectivity index (χ0) is 18.0. The molecule has 4 N–H and O–H groups in total. The van der Waals surface area contributed by atoms with Crippen molar-refractivity contribution in [2.24, 2.45) is 11.8 Å². The second-order valence-corrected chi connectivity index (χ2v) is 7.07. The van der Waals surface area contributed by atoms with Crippen LogP contribution in [0.5, 0.6) is 0 Å². The maximum absolute atomic E-state index is 12.5. The van der Waals surface area contributed by atoms with Crippen molar-refractivity contribution in [3.05, 3.63) is 24.4 Å². The Balaban J connectivity index is 1.54. The maximum atomic E-state index is 12.5. The fourth-order valence-electron chi connectivity index (χ4n) is 3.20. The van der Waals surface area contributed by atoms with E-state index in [9.17, 15) is 14.7 Å². The molecule has 7 heteroatoms. The summed E-state index contributed by atoms with van der Waals surface area (Å²) in [6.45, 7) is 3.60. The number of amides is 2. The van der Waals surface area contributed by atoms with Crippen LogP contribution in [0.4, 0.5) is 5.69 Å². The number of hydrogen-bond acceptors (Lipinski definition) is 4. The number of aliphatic hydroxyl groups excluding tert-OH is 1. The van der Waals surface area contributed by atoms with Crippen LogP contribution in [-0.2, 0) is 9.59 Å². The van der Waals surface area contributed by atoms with E-state index in [4.69, 9.17) is 0 Å². The van der Waals surface area contributed by atoms with Gasteiger partial charge in [-0.2, -0.15) is 5.10 Å². The molecule has 2 amide bonds. The third-order valence-corrected chi connectivity index (χ3v) is 4.76. The van der Waals surface area contributed by atoms with Crippen molar-refractivity contribution in [1.29, 1.82) is 0 Å². The van der Waals surface area contributed by atoms with Gasteiger partial charge in [0.2, 0.25) is 11.8 Å². The van der Waals surface area contributed by atoms with Gasteiger partial charge in [0.1, 0.15) is 6.10 Å². The molecule has 3 rings (SSSR count). The molecule has 25 heavy (non-hydrogen) atoms. The van der Waals surface area contributed by atoms with Crippen molar-refractivity contribution < 1.29 is 14.7 Å². The summed E-state index contributed by atoms with van der Waals surface area (Å²) in [6.07, 6.45) is 2.77. The summed E-state index contributed by atoms with van der Waals surface area (Å²) in [5.41, 5.74) is 1.66. The van der Waals surface area contributed by atoms with Crippen LogP contribution in [-0.4, -0.2) is 39.3 Å². The first-order valence-corrected chi connectivity index (χ1v) is 8.66. The van der Waals surface area contributed by atoms with Gasteiger partial charge in [0, 0.05) is 23.0 Å². The second kappa shape index (κ2) is 7.23. The maximum Gasteiger partial charge on any atom is 0.249 e. The number of carbonyl (C=O) groups is 2. The largest absolute Gasteiger partial charge is 0.383 e. The predicted molar refractivity (Wildman–Crippen MR) is 94.8 cm³/mol. The minimum absolute atomic E-state index is 0.0380. The van der Waals surface area contributed by atoms with Crippen LogP contribution in [0.15, 0.2) is 24.4 Å². The van der Waals surface area contributed by atoms with E-state index in [1.165, 1.54) is 0 Å². The summed E-state index contributed by atoms with van der Waals surface area (Å²) in [7, 11) is 0. The molecule has 0 spiro atoms. The number of fused-ring (bicyclic) bond motifs is 1. The van der Waals surface area contributed by atoms with Gasteiger partial charge in [-0.1, -0.05) is 13.8 Å². The van der Waals surface area contributed by atoms with E-state index in [1.807, 2.05) is 18.2 Å². The highest BCUT2D eigenvalue weighted by molar-refractivity contribution is 5.95. The van der Waals surface area contributed by atoms with E-state index < -0.39 is 6.10 Å². The van der Waals surface area contributed by atoms with Gasteiger partial charge in [-0.05, 0) is 43.4 Å². The van der Waals surface area contributed by atoms with Crippen LogP contribution in [0.1, 0.15) is 33.1 Å². The van der Waals surface area contributed by atoms with E-state index in [0.717, 1.165) is 29.4 Å². The molecule has 1 saturated carbocycles. The molecule has 3 atom stereocenters. The average molecular weight is 344 g/mol. The third-order valence-electron chi connectivity index (χ3n) is 4.76. The van der Waals surface area contributed by atoms with Gasteiger partial charge >= 0.3 is 0 Å². The summed E-state index contributed by atoms with van der Waals surface area (Å²) in [4.78, 5) is 24.4. The monoisotopic (exact) mass is 344 g/mol. The Hall–Kier alpha value is -2.41. The second-order valence-electron chi connectivity index (χ2n) is 7.07. The molecule has 1 heterocycles. The molecule has 1 aliphatic carbocycles. The van der Waals surface area contributed by atoms with Crippen LogP contribution >= 0.6 is 0 Å². The summed E-state index contributed by atoms with van der Waals surface area (Å²) in [5.74, 6) is -0.657. The molecule has 1 aromatic carbocycles. The van der Waals surface area contributed by atoms with Gasteiger partial charge in [-0.3, -0.25) is 14.7 Å². The number of anilines is 1. The number of nitrogens with one attached hydrogen (secondary N) is 3. The van der Waals surface area contributed by atoms with Crippen molar-refractivity contribution in [3.63, 3.8) is 0 Å². The molecule has 1 fully saturated rings.